The zero-order chi connectivity index (χ0) is 13.1. The SMILES string of the molecule is Oc1cc(F)cc(CNc2ccc(Br)c(Cl)c2)c1. The topological polar surface area (TPSA) is 32.3 Å². The molecule has 2 aromatic rings. The minimum Gasteiger partial charge on any atom is -0.508 e. The highest BCUT2D eigenvalue weighted by molar-refractivity contribution is 9.10. The molecule has 0 amide bonds. The van der Waals surface area contributed by atoms with Crippen LogP contribution < -0.4 is 5.32 Å². The van der Waals surface area contributed by atoms with Crippen LogP contribution in [0, 0.1) is 5.82 Å². The zero-order valence-electron chi connectivity index (χ0n) is 9.25. The summed E-state index contributed by atoms with van der Waals surface area (Å²) in [6.45, 7) is 0.406. The summed E-state index contributed by atoms with van der Waals surface area (Å²) >= 11 is 9.26. The number of anilines is 1. The first-order chi connectivity index (χ1) is 8.54. The molecule has 0 radical (unpaired) electrons. The Kier molecular flexibility index (Phi) is 4.09. The Morgan fingerprint density at radius 2 is 2.00 bits per heavy atom. The third kappa shape index (κ3) is 3.37. The molecular weight excluding hydrogens is 321 g/mol. The lowest BCUT2D eigenvalue weighted by molar-refractivity contribution is 0.468. The number of hydrogen-bond donors (Lipinski definition) is 2. The van der Waals surface area contributed by atoms with Gasteiger partial charge in [-0.3, -0.25) is 0 Å². The Balaban J connectivity index is 2.08. The van der Waals surface area contributed by atoms with E-state index in [4.69, 9.17) is 11.6 Å². The molecule has 18 heavy (non-hydrogen) atoms. The molecule has 0 fully saturated rings. The fourth-order valence-electron chi connectivity index (χ4n) is 1.55. The minimum atomic E-state index is -0.458. The maximum atomic E-state index is 13.1. The van der Waals surface area contributed by atoms with Crippen LogP contribution in [-0.2, 0) is 6.54 Å². The van der Waals surface area contributed by atoms with Gasteiger partial charge in [-0.2, -0.15) is 0 Å². The molecule has 94 valence electrons. The third-order valence-corrected chi connectivity index (χ3v) is 3.59. The molecule has 2 N–H and O–H groups in total. The first-order valence-corrected chi connectivity index (χ1v) is 6.39. The Hall–Kier alpha value is -1.26. The van der Waals surface area contributed by atoms with Crippen LogP contribution in [0.2, 0.25) is 5.02 Å². The van der Waals surface area contributed by atoms with E-state index in [9.17, 15) is 9.50 Å². The number of nitrogens with one attached hydrogen (secondary N) is 1. The summed E-state index contributed by atoms with van der Waals surface area (Å²) < 4.78 is 13.9. The molecule has 0 bridgehead atoms. The molecule has 0 saturated carbocycles. The van der Waals surface area contributed by atoms with Crippen LogP contribution in [0.25, 0.3) is 0 Å². The number of phenolic OH excluding ortho intramolecular Hbond substituents is 1. The quantitative estimate of drug-likeness (QED) is 0.864. The first-order valence-electron chi connectivity index (χ1n) is 5.22. The lowest BCUT2D eigenvalue weighted by atomic mass is 10.2. The highest BCUT2D eigenvalue weighted by Gasteiger charge is 2.02. The average Bonchev–Trinajstić information content (AvgIpc) is 2.29. The zero-order valence-corrected chi connectivity index (χ0v) is 11.6. The fourth-order valence-corrected chi connectivity index (χ4v) is 1.97. The lowest BCUT2D eigenvalue weighted by Crippen LogP contribution is -1.99. The second-order valence-corrected chi connectivity index (χ2v) is 5.06. The van der Waals surface area contributed by atoms with Crippen molar-refractivity contribution in [3.05, 3.63) is 57.3 Å². The van der Waals surface area contributed by atoms with Crippen molar-refractivity contribution in [2.75, 3.05) is 5.32 Å². The van der Waals surface area contributed by atoms with Crippen LogP contribution in [0.4, 0.5) is 10.1 Å². The summed E-state index contributed by atoms with van der Waals surface area (Å²) in [6, 6.07) is 9.40. The summed E-state index contributed by atoms with van der Waals surface area (Å²) in [7, 11) is 0. The van der Waals surface area contributed by atoms with E-state index in [1.807, 2.05) is 12.1 Å². The Morgan fingerprint density at radius 3 is 2.67 bits per heavy atom. The largest absolute Gasteiger partial charge is 0.508 e. The summed E-state index contributed by atoms with van der Waals surface area (Å²) in [5.74, 6) is -0.540. The van der Waals surface area contributed by atoms with Crippen LogP contribution in [0.5, 0.6) is 5.75 Å². The standard InChI is InChI=1S/C13H10BrClFNO/c14-12-2-1-10(6-13(12)15)17-7-8-3-9(16)5-11(18)4-8/h1-6,17-18H,7H2. The summed E-state index contributed by atoms with van der Waals surface area (Å²) in [5, 5.41) is 13.0. The van der Waals surface area contributed by atoms with Crippen molar-refractivity contribution in [1.29, 1.82) is 0 Å². The highest BCUT2D eigenvalue weighted by Crippen LogP contribution is 2.26. The second-order valence-electron chi connectivity index (χ2n) is 3.80. The molecule has 0 spiro atoms. The number of phenols is 1. The van der Waals surface area contributed by atoms with Gasteiger partial charge in [0.2, 0.25) is 0 Å². The van der Waals surface area contributed by atoms with Gasteiger partial charge in [-0.25, -0.2) is 4.39 Å². The van der Waals surface area contributed by atoms with Gasteiger partial charge < -0.3 is 10.4 Å². The monoisotopic (exact) mass is 329 g/mol. The van der Waals surface area contributed by atoms with E-state index in [0.29, 0.717) is 17.1 Å². The average molecular weight is 331 g/mol. The maximum Gasteiger partial charge on any atom is 0.127 e. The third-order valence-electron chi connectivity index (χ3n) is 2.36. The predicted octanol–water partition coefficient (Wildman–Crippen LogP) is 4.56. The lowest BCUT2D eigenvalue weighted by Gasteiger charge is -2.08. The van der Waals surface area contributed by atoms with Gasteiger partial charge in [-0.15, -0.1) is 0 Å². The van der Waals surface area contributed by atoms with Crippen LogP contribution >= 0.6 is 27.5 Å². The van der Waals surface area contributed by atoms with E-state index < -0.39 is 5.82 Å². The molecule has 0 heterocycles. The van der Waals surface area contributed by atoms with Crippen molar-refractivity contribution in [3.63, 3.8) is 0 Å². The predicted molar refractivity (Wildman–Crippen MR) is 74.5 cm³/mol. The van der Waals surface area contributed by atoms with Crippen LogP contribution in [0.3, 0.4) is 0 Å². The molecular formula is C13H10BrClFNO. The van der Waals surface area contributed by atoms with E-state index >= 15 is 0 Å². The van der Waals surface area contributed by atoms with E-state index in [1.165, 1.54) is 12.1 Å². The fraction of sp³-hybridized carbons (Fsp3) is 0.0769. The summed E-state index contributed by atoms with van der Waals surface area (Å²) in [4.78, 5) is 0. The molecule has 0 unspecified atom stereocenters. The molecule has 0 aliphatic heterocycles. The molecule has 5 heteroatoms. The maximum absolute atomic E-state index is 13.1. The molecule has 2 aromatic carbocycles. The van der Waals surface area contributed by atoms with Gasteiger partial charge >= 0.3 is 0 Å². The van der Waals surface area contributed by atoms with Crippen molar-refractivity contribution in [1.82, 2.24) is 0 Å². The van der Waals surface area contributed by atoms with E-state index in [-0.39, 0.29) is 5.75 Å². The van der Waals surface area contributed by atoms with Gasteiger partial charge in [0.15, 0.2) is 0 Å². The second kappa shape index (κ2) is 5.59. The normalized spacial score (nSPS) is 10.4. The smallest absolute Gasteiger partial charge is 0.127 e. The van der Waals surface area contributed by atoms with Gasteiger partial charge in [-0.05, 0) is 51.8 Å². The first kappa shape index (κ1) is 13.2. The highest BCUT2D eigenvalue weighted by atomic mass is 79.9. The van der Waals surface area contributed by atoms with Crippen molar-refractivity contribution in [2.45, 2.75) is 6.54 Å². The van der Waals surface area contributed by atoms with Crippen molar-refractivity contribution >= 4 is 33.2 Å². The van der Waals surface area contributed by atoms with Crippen molar-refractivity contribution in [2.24, 2.45) is 0 Å². The van der Waals surface area contributed by atoms with Crippen molar-refractivity contribution < 1.29 is 9.50 Å². The number of aromatic hydroxyl groups is 1. The molecule has 0 aromatic heterocycles. The summed E-state index contributed by atoms with van der Waals surface area (Å²) in [5.41, 5.74) is 1.48. The molecule has 2 nitrogen and oxygen atoms in total. The molecule has 0 aliphatic carbocycles. The number of benzene rings is 2. The van der Waals surface area contributed by atoms with Crippen LogP contribution in [0.1, 0.15) is 5.56 Å². The van der Waals surface area contributed by atoms with E-state index in [2.05, 4.69) is 21.2 Å². The molecule has 0 aliphatic rings. The van der Waals surface area contributed by atoms with E-state index in [0.717, 1.165) is 16.2 Å². The molecule has 2 rings (SSSR count). The Labute approximate surface area is 118 Å². The number of hydrogen-bond acceptors (Lipinski definition) is 2. The van der Waals surface area contributed by atoms with Gasteiger partial charge in [0.05, 0.1) is 5.02 Å². The Bertz CT molecular complexity index is 557. The van der Waals surface area contributed by atoms with E-state index in [1.54, 1.807) is 6.07 Å². The van der Waals surface area contributed by atoms with Crippen LogP contribution in [-0.4, -0.2) is 5.11 Å². The van der Waals surface area contributed by atoms with Gasteiger partial charge in [0.25, 0.3) is 0 Å². The van der Waals surface area contributed by atoms with Crippen LogP contribution in [0.15, 0.2) is 40.9 Å². The van der Waals surface area contributed by atoms with Gasteiger partial charge in [0.1, 0.15) is 11.6 Å². The summed E-state index contributed by atoms with van der Waals surface area (Å²) in [6.07, 6.45) is 0. The molecule has 0 saturated heterocycles. The van der Waals surface area contributed by atoms with Gasteiger partial charge in [-0.1, -0.05) is 11.6 Å². The molecule has 0 atom stereocenters. The minimum absolute atomic E-state index is 0.0827. The number of halogens is 3. The number of rotatable bonds is 3. The van der Waals surface area contributed by atoms with Gasteiger partial charge in [0, 0.05) is 22.8 Å². The van der Waals surface area contributed by atoms with Crippen molar-refractivity contribution in [3.8, 4) is 5.75 Å². The Morgan fingerprint density at radius 1 is 1.22 bits per heavy atom.